The van der Waals surface area contributed by atoms with Gasteiger partial charge in [-0.25, -0.2) is 0 Å². The molecule has 2 unspecified atom stereocenters. The Morgan fingerprint density at radius 3 is 2.69 bits per heavy atom. The maximum absolute atomic E-state index is 13.1. The van der Waals surface area contributed by atoms with Crippen molar-refractivity contribution in [3.05, 3.63) is 86.5 Å². The molecule has 2 aliphatic heterocycles. The lowest BCUT2D eigenvalue weighted by molar-refractivity contribution is 0.0594. The van der Waals surface area contributed by atoms with Gasteiger partial charge in [0, 0.05) is 48.2 Å². The second kappa shape index (κ2) is 7.52. The number of carbonyl (C=O) groups is 1. The molecule has 2 aliphatic rings. The highest BCUT2D eigenvalue weighted by Crippen LogP contribution is 2.36. The summed E-state index contributed by atoms with van der Waals surface area (Å²) in [5.74, 6) is 0.624. The third-order valence-corrected chi connectivity index (χ3v) is 6.82. The van der Waals surface area contributed by atoms with Crippen molar-refractivity contribution in [2.75, 3.05) is 18.4 Å². The smallest absolute Gasteiger partial charge is 0.274 e. The van der Waals surface area contributed by atoms with E-state index in [-0.39, 0.29) is 17.4 Å². The number of anilines is 1. The van der Waals surface area contributed by atoms with E-state index in [4.69, 9.17) is 0 Å². The lowest BCUT2D eigenvalue weighted by Crippen LogP contribution is -2.49. The Morgan fingerprint density at radius 1 is 1.03 bits per heavy atom. The average molecular weight is 406 g/mol. The molecule has 0 saturated carbocycles. The van der Waals surface area contributed by atoms with Crippen LogP contribution in [-0.4, -0.2) is 28.5 Å². The third kappa shape index (κ3) is 3.49. The van der Waals surface area contributed by atoms with Crippen molar-refractivity contribution in [3.63, 3.8) is 0 Å². The number of likely N-dealkylation sites (tertiary alicyclic amines) is 1. The van der Waals surface area contributed by atoms with E-state index in [0.717, 1.165) is 17.7 Å². The van der Waals surface area contributed by atoms with Gasteiger partial charge in [-0.15, -0.1) is 11.3 Å². The van der Waals surface area contributed by atoms with Crippen LogP contribution in [0.3, 0.4) is 0 Å². The molecule has 6 heteroatoms. The largest absolute Gasteiger partial charge is 0.376 e. The SMILES string of the molecule is O=C(c1ccccc1)N1CC2CC(C1)c1ccc(NCc3cccs3)c(=O)n1C2. The Bertz CT molecular complexity index is 1080. The number of fused-ring (bicyclic) bond motifs is 4. The number of thiophene rings is 1. The zero-order chi connectivity index (χ0) is 19.8. The molecule has 1 saturated heterocycles. The van der Waals surface area contributed by atoms with Gasteiger partial charge in [0.1, 0.15) is 5.69 Å². The molecule has 2 bridgehead atoms. The van der Waals surface area contributed by atoms with Crippen molar-refractivity contribution >= 4 is 22.9 Å². The minimum absolute atomic E-state index is 0.0524. The molecule has 2 atom stereocenters. The fraction of sp³-hybridized carbons (Fsp3) is 0.304. The van der Waals surface area contributed by atoms with Crippen LogP contribution in [0.15, 0.2) is 64.8 Å². The summed E-state index contributed by atoms with van der Waals surface area (Å²) in [5, 5.41) is 5.33. The van der Waals surface area contributed by atoms with Crippen LogP contribution in [0.25, 0.3) is 0 Å². The summed E-state index contributed by atoms with van der Waals surface area (Å²) in [7, 11) is 0. The van der Waals surface area contributed by atoms with Gasteiger partial charge >= 0.3 is 0 Å². The van der Waals surface area contributed by atoms with E-state index in [1.165, 1.54) is 4.88 Å². The first kappa shape index (κ1) is 18.2. The molecule has 0 aliphatic carbocycles. The fourth-order valence-corrected chi connectivity index (χ4v) is 5.25. The van der Waals surface area contributed by atoms with Gasteiger partial charge in [0.05, 0.1) is 0 Å². The number of pyridine rings is 1. The number of carbonyl (C=O) groups excluding carboxylic acids is 1. The van der Waals surface area contributed by atoms with Crippen LogP contribution in [0.2, 0.25) is 0 Å². The minimum atomic E-state index is 0.0524. The molecule has 1 N–H and O–H groups in total. The zero-order valence-electron chi connectivity index (χ0n) is 16.1. The summed E-state index contributed by atoms with van der Waals surface area (Å²) in [4.78, 5) is 29.1. The van der Waals surface area contributed by atoms with Crippen LogP contribution < -0.4 is 10.9 Å². The lowest BCUT2D eigenvalue weighted by Gasteiger charge is -2.43. The molecule has 1 fully saturated rings. The molecule has 5 rings (SSSR count). The van der Waals surface area contributed by atoms with Gasteiger partial charge in [0.15, 0.2) is 0 Å². The van der Waals surface area contributed by atoms with Crippen LogP contribution >= 0.6 is 11.3 Å². The summed E-state index contributed by atoms with van der Waals surface area (Å²) in [6.45, 7) is 2.73. The van der Waals surface area contributed by atoms with Crippen molar-refractivity contribution in [1.29, 1.82) is 0 Å². The predicted octanol–water partition coefficient (Wildman–Crippen LogP) is 3.78. The van der Waals surface area contributed by atoms with E-state index < -0.39 is 0 Å². The number of benzene rings is 1. The zero-order valence-corrected chi connectivity index (χ0v) is 16.9. The number of piperidine rings is 1. The summed E-state index contributed by atoms with van der Waals surface area (Å²) in [6.07, 6.45) is 1.04. The number of aromatic nitrogens is 1. The van der Waals surface area contributed by atoms with E-state index in [9.17, 15) is 9.59 Å². The number of nitrogens with one attached hydrogen (secondary N) is 1. The lowest BCUT2D eigenvalue weighted by atomic mass is 9.83. The average Bonchev–Trinajstić information content (AvgIpc) is 3.27. The molecule has 29 heavy (non-hydrogen) atoms. The van der Waals surface area contributed by atoms with E-state index in [1.54, 1.807) is 11.3 Å². The van der Waals surface area contributed by atoms with Gasteiger partial charge < -0.3 is 14.8 Å². The third-order valence-electron chi connectivity index (χ3n) is 5.95. The quantitative estimate of drug-likeness (QED) is 0.719. The Hall–Kier alpha value is -2.86. The molecule has 1 amide bonds. The molecule has 0 radical (unpaired) electrons. The Balaban J connectivity index is 1.37. The van der Waals surface area contributed by atoms with Crippen LogP contribution in [0.5, 0.6) is 0 Å². The molecular formula is C23H23N3O2S. The normalized spacial score (nSPS) is 20.2. The summed E-state index contributed by atoms with van der Waals surface area (Å²) in [5.41, 5.74) is 2.49. The number of hydrogen-bond acceptors (Lipinski definition) is 4. The Morgan fingerprint density at radius 2 is 1.90 bits per heavy atom. The van der Waals surface area contributed by atoms with E-state index in [2.05, 4.69) is 17.4 Å². The fourth-order valence-electron chi connectivity index (χ4n) is 4.61. The molecular weight excluding hydrogens is 382 g/mol. The predicted molar refractivity (Wildman–Crippen MR) is 116 cm³/mol. The van der Waals surface area contributed by atoms with Gasteiger partial charge in [0.2, 0.25) is 0 Å². The van der Waals surface area contributed by atoms with Gasteiger partial charge in [0.25, 0.3) is 11.5 Å². The number of amides is 1. The van der Waals surface area contributed by atoms with Gasteiger partial charge in [-0.1, -0.05) is 24.3 Å². The highest BCUT2D eigenvalue weighted by atomic mass is 32.1. The summed E-state index contributed by atoms with van der Waals surface area (Å²) >= 11 is 1.68. The monoisotopic (exact) mass is 405 g/mol. The van der Waals surface area contributed by atoms with Crippen molar-refractivity contribution in [3.8, 4) is 0 Å². The second-order valence-electron chi connectivity index (χ2n) is 7.90. The number of rotatable bonds is 4. The Kier molecular flexibility index (Phi) is 4.72. The topological polar surface area (TPSA) is 54.3 Å². The van der Waals surface area contributed by atoms with Crippen LogP contribution in [0, 0.1) is 5.92 Å². The standard InChI is InChI=1S/C23H23N3O2S/c27-22(17-5-2-1-3-6-17)25-13-16-11-18(15-25)21-9-8-20(23(28)26(21)14-16)24-12-19-7-4-10-29-19/h1-10,16,18,24H,11-15H2. The first-order chi connectivity index (χ1) is 14.2. The number of nitrogens with zero attached hydrogens (tertiary/aromatic N) is 2. The molecule has 148 valence electrons. The van der Waals surface area contributed by atoms with Gasteiger partial charge in [-0.2, -0.15) is 0 Å². The summed E-state index contributed by atoms with van der Waals surface area (Å²) in [6, 6.07) is 17.5. The van der Waals surface area contributed by atoms with Crippen LogP contribution in [0.4, 0.5) is 5.69 Å². The van der Waals surface area contributed by atoms with Crippen LogP contribution in [-0.2, 0) is 13.1 Å². The second-order valence-corrected chi connectivity index (χ2v) is 8.93. The van der Waals surface area contributed by atoms with Crippen molar-refractivity contribution in [2.24, 2.45) is 5.92 Å². The molecule has 1 aromatic carbocycles. The first-order valence-corrected chi connectivity index (χ1v) is 10.9. The molecule has 2 aromatic heterocycles. The molecule has 0 spiro atoms. The molecule has 5 nitrogen and oxygen atoms in total. The van der Waals surface area contributed by atoms with Crippen molar-refractivity contribution in [1.82, 2.24) is 9.47 Å². The van der Waals surface area contributed by atoms with Gasteiger partial charge in [-0.05, 0) is 48.1 Å². The van der Waals surface area contributed by atoms with Crippen LogP contribution in [0.1, 0.15) is 33.3 Å². The highest BCUT2D eigenvalue weighted by molar-refractivity contribution is 7.09. The van der Waals surface area contributed by atoms with E-state index in [1.807, 2.05) is 57.3 Å². The van der Waals surface area contributed by atoms with Gasteiger partial charge in [-0.3, -0.25) is 9.59 Å². The molecule has 3 aromatic rings. The Labute approximate surface area is 173 Å². The van der Waals surface area contributed by atoms with E-state index >= 15 is 0 Å². The van der Waals surface area contributed by atoms with Crippen molar-refractivity contribution < 1.29 is 4.79 Å². The number of hydrogen-bond donors (Lipinski definition) is 1. The molecule has 4 heterocycles. The minimum Gasteiger partial charge on any atom is -0.376 e. The highest BCUT2D eigenvalue weighted by Gasteiger charge is 2.36. The van der Waals surface area contributed by atoms with E-state index in [0.29, 0.717) is 37.8 Å². The maximum atomic E-state index is 13.1. The maximum Gasteiger partial charge on any atom is 0.274 e. The summed E-state index contributed by atoms with van der Waals surface area (Å²) < 4.78 is 1.93. The van der Waals surface area contributed by atoms with Crippen molar-refractivity contribution in [2.45, 2.75) is 25.4 Å². The first-order valence-electron chi connectivity index (χ1n) is 10.0.